The maximum Gasteiger partial charge on any atom is 0.0571 e. The zero-order valence-electron chi connectivity index (χ0n) is 7.38. The Morgan fingerprint density at radius 2 is 1.82 bits per heavy atom. The molecule has 11 heavy (non-hydrogen) atoms. The highest BCUT2D eigenvalue weighted by atomic mass is 16.3. The lowest BCUT2D eigenvalue weighted by Crippen LogP contribution is -2.23. The molecule has 2 bridgehead atoms. The average molecular weight is 153 g/mol. The Balaban J connectivity index is 2.02. The van der Waals surface area contributed by atoms with Crippen LogP contribution in [0.3, 0.4) is 0 Å². The average Bonchev–Trinajstić information content (AvgIpc) is 2.43. The first-order valence-corrected chi connectivity index (χ1v) is 4.66. The highest BCUT2D eigenvalue weighted by Crippen LogP contribution is 2.51. The van der Waals surface area contributed by atoms with Crippen molar-refractivity contribution >= 4 is 0 Å². The zero-order chi connectivity index (χ0) is 8.01. The van der Waals surface area contributed by atoms with Crippen LogP contribution in [0.1, 0.15) is 33.1 Å². The monoisotopic (exact) mass is 153 g/mol. The van der Waals surface area contributed by atoms with E-state index >= 15 is 0 Å². The third kappa shape index (κ3) is 1.10. The summed E-state index contributed by atoms with van der Waals surface area (Å²) < 4.78 is 0. The third-order valence-electron chi connectivity index (χ3n) is 3.56. The highest BCUT2D eigenvalue weighted by molar-refractivity contribution is 5.03. The molecule has 4 unspecified atom stereocenters. The second kappa shape index (κ2) is 2.48. The lowest BCUT2D eigenvalue weighted by molar-refractivity contribution is 0.0978. The molecule has 0 spiro atoms. The van der Waals surface area contributed by atoms with Crippen molar-refractivity contribution in [1.82, 2.24) is 0 Å². The van der Waals surface area contributed by atoms with E-state index in [2.05, 4.69) is 13.8 Å². The van der Waals surface area contributed by atoms with Crippen LogP contribution in [-0.4, -0.2) is 11.2 Å². The van der Waals surface area contributed by atoms with Crippen LogP contribution in [0, 0.1) is 23.7 Å². The van der Waals surface area contributed by atoms with Gasteiger partial charge in [-0.3, -0.25) is 0 Å². The van der Waals surface area contributed by atoms with Gasteiger partial charge in [0.2, 0.25) is 0 Å². The van der Waals surface area contributed by atoms with E-state index in [0.29, 0.717) is 5.92 Å². The van der Waals surface area contributed by atoms with E-state index in [-0.39, 0.29) is 6.10 Å². The fourth-order valence-corrected chi connectivity index (χ4v) is 2.95. The smallest absolute Gasteiger partial charge is 0.0571 e. The van der Waals surface area contributed by atoms with Crippen LogP contribution in [0.4, 0.5) is 0 Å². The van der Waals surface area contributed by atoms with Crippen LogP contribution in [0.5, 0.6) is 0 Å². The molecule has 0 saturated heterocycles. The minimum absolute atomic E-state index is 0.0376. The van der Waals surface area contributed by atoms with Gasteiger partial charge in [-0.15, -0.1) is 0 Å². The fraction of sp³-hybridized carbons (Fsp3) is 0.900. The Morgan fingerprint density at radius 1 is 1.09 bits per heavy atom. The fourth-order valence-electron chi connectivity index (χ4n) is 2.95. The van der Waals surface area contributed by atoms with Gasteiger partial charge in [-0.25, -0.2) is 0 Å². The van der Waals surface area contributed by atoms with E-state index in [9.17, 15) is 5.11 Å². The molecule has 2 aliphatic carbocycles. The van der Waals surface area contributed by atoms with E-state index < -0.39 is 0 Å². The molecule has 2 saturated carbocycles. The molecule has 2 fully saturated rings. The largest absolute Gasteiger partial charge is 0.393 e. The standard InChI is InChI=1S/C10H17O/c1-6(2)9-4-8-3-7(9)5-10(8)11/h7-11H,3-5H2,1-2H3. The van der Waals surface area contributed by atoms with Crippen LogP contribution < -0.4 is 0 Å². The molecule has 1 radical (unpaired) electrons. The Morgan fingerprint density at radius 3 is 2.18 bits per heavy atom. The number of fused-ring (bicyclic) bond motifs is 2. The van der Waals surface area contributed by atoms with Crippen LogP contribution in [-0.2, 0) is 0 Å². The van der Waals surface area contributed by atoms with E-state index in [1.54, 1.807) is 5.92 Å². The summed E-state index contributed by atoms with van der Waals surface area (Å²) in [5.41, 5.74) is 0. The predicted octanol–water partition coefficient (Wildman–Crippen LogP) is 2.01. The van der Waals surface area contributed by atoms with E-state index in [1.807, 2.05) is 0 Å². The van der Waals surface area contributed by atoms with E-state index in [0.717, 1.165) is 18.3 Å². The maximum absolute atomic E-state index is 9.51. The van der Waals surface area contributed by atoms with Crippen molar-refractivity contribution in [1.29, 1.82) is 0 Å². The Labute approximate surface area is 68.8 Å². The van der Waals surface area contributed by atoms with Crippen LogP contribution in [0.15, 0.2) is 0 Å². The Hall–Kier alpha value is -0.0400. The van der Waals surface area contributed by atoms with Gasteiger partial charge in [0.25, 0.3) is 0 Å². The van der Waals surface area contributed by atoms with Gasteiger partial charge in [0.1, 0.15) is 0 Å². The Kier molecular flexibility index (Phi) is 1.71. The minimum atomic E-state index is 0.0376. The molecule has 2 rings (SSSR count). The third-order valence-corrected chi connectivity index (χ3v) is 3.56. The molecular weight excluding hydrogens is 136 g/mol. The summed E-state index contributed by atoms with van der Waals surface area (Å²) in [4.78, 5) is 0. The number of hydrogen-bond acceptors (Lipinski definition) is 1. The topological polar surface area (TPSA) is 20.2 Å². The molecule has 1 nitrogen and oxygen atoms in total. The number of rotatable bonds is 1. The summed E-state index contributed by atoms with van der Waals surface area (Å²) >= 11 is 0. The molecule has 0 aromatic carbocycles. The van der Waals surface area contributed by atoms with Crippen LogP contribution in [0.25, 0.3) is 0 Å². The van der Waals surface area contributed by atoms with Crippen molar-refractivity contribution < 1.29 is 5.11 Å². The summed E-state index contributed by atoms with van der Waals surface area (Å²) in [6, 6.07) is 0. The molecule has 0 aromatic rings. The predicted molar refractivity (Wildman–Crippen MR) is 44.9 cm³/mol. The number of aliphatic hydroxyl groups is 1. The number of aliphatic hydroxyl groups excluding tert-OH is 1. The van der Waals surface area contributed by atoms with E-state index in [4.69, 9.17) is 0 Å². The molecule has 0 heterocycles. The van der Waals surface area contributed by atoms with Gasteiger partial charge in [0.05, 0.1) is 6.10 Å². The van der Waals surface area contributed by atoms with Gasteiger partial charge in [-0.1, -0.05) is 13.8 Å². The number of hydrogen-bond donors (Lipinski definition) is 1. The maximum atomic E-state index is 9.51. The first-order valence-electron chi connectivity index (χ1n) is 4.66. The van der Waals surface area contributed by atoms with E-state index in [1.165, 1.54) is 12.8 Å². The van der Waals surface area contributed by atoms with Crippen molar-refractivity contribution in [3.63, 3.8) is 0 Å². The first-order chi connectivity index (χ1) is 5.18. The highest BCUT2D eigenvalue weighted by Gasteiger charge is 2.45. The zero-order valence-corrected chi connectivity index (χ0v) is 7.38. The molecule has 1 heteroatoms. The quantitative estimate of drug-likeness (QED) is 0.611. The molecule has 2 aliphatic rings. The second-order valence-electron chi connectivity index (χ2n) is 4.48. The second-order valence-corrected chi connectivity index (χ2v) is 4.48. The molecule has 1 N–H and O–H groups in total. The van der Waals surface area contributed by atoms with Gasteiger partial charge < -0.3 is 5.11 Å². The summed E-state index contributed by atoms with van der Waals surface area (Å²) in [5, 5.41) is 9.51. The molecule has 0 aromatic heterocycles. The van der Waals surface area contributed by atoms with Crippen molar-refractivity contribution in [2.45, 2.75) is 39.2 Å². The Bertz CT molecular complexity index is 151. The van der Waals surface area contributed by atoms with Gasteiger partial charge in [0, 0.05) is 0 Å². The molecule has 4 atom stereocenters. The minimum Gasteiger partial charge on any atom is -0.393 e. The lowest BCUT2D eigenvalue weighted by atomic mass is 9.80. The molecular formula is C10H17O. The van der Waals surface area contributed by atoms with Gasteiger partial charge >= 0.3 is 0 Å². The van der Waals surface area contributed by atoms with Crippen molar-refractivity contribution in [2.24, 2.45) is 17.8 Å². The van der Waals surface area contributed by atoms with Crippen molar-refractivity contribution in [3.8, 4) is 0 Å². The van der Waals surface area contributed by atoms with Crippen molar-refractivity contribution in [2.75, 3.05) is 0 Å². The molecule has 0 aliphatic heterocycles. The van der Waals surface area contributed by atoms with Gasteiger partial charge in [-0.05, 0) is 42.9 Å². The normalized spacial score (nSPS) is 49.1. The summed E-state index contributed by atoms with van der Waals surface area (Å²) in [6.45, 7) is 4.47. The van der Waals surface area contributed by atoms with Crippen LogP contribution >= 0.6 is 0 Å². The van der Waals surface area contributed by atoms with Crippen LogP contribution in [0.2, 0.25) is 0 Å². The molecule has 0 amide bonds. The van der Waals surface area contributed by atoms with Crippen molar-refractivity contribution in [3.05, 3.63) is 5.92 Å². The molecule has 63 valence electrons. The first kappa shape index (κ1) is 7.60. The summed E-state index contributed by atoms with van der Waals surface area (Å²) in [7, 11) is 0. The summed E-state index contributed by atoms with van der Waals surface area (Å²) in [6.07, 6.45) is 3.65. The van der Waals surface area contributed by atoms with Gasteiger partial charge in [0.15, 0.2) is 0 Å². The van der Waals surface area contributed by atoms with Gasteiger partial charge in [-0.2, -0.15) is 0 Å². The SMILES string of the molecule is C[C](C)C1CC2CC1CC2O. The summed E-state index contributed by atoms with van der Waals surface area (Å²) in [5.74, 6) is 3.87. The lowest BCUT2D eigenvalue weighted by Gasteiger charge is -2.27.